The number of nitrogens with zero attached hydrogens (tertiary/aromatic N) is 2. The molecule has 1 heterocycles. The second-order valence-electron chi connectivity index (χ2n) is 1.75. The van der Waals surface area contributed by atoms with Gasteiger partial charge in [-0.15, -0.1) is 6.58 Å². The molecule has 1 rings (SSSR count). The van der Waals surface area contributed by atoms with E-state index in [1.54, 1.807) is 16.8 Å². The highest BCUT2D eigenvalue weighted by molar-refractivity contribution is 5.23. The fourth-order valence-electron chi connectivity index (χ4n) is 0.611. The minimum atomic E-state index is 0.553. The van der Waals surface area contributed by atoms with Gasteiger partial charge in [0.05, 0.1) is 6.54 Å². The number of hydrogen-bond donors (Lipinski definition) is 1. The van der Waals surface area contributed by atoms with Crippen molar-refractivity contribution in [2.75, 3.05) is 5.73 Å². The van der Waals surface area contributed by atoms with Gasteiger partial charge in [0.1, 0.15) is 5.82 Å². The molecule has 0 aliphatic carbocycles. The summed E-state index contributed by atoms with van der Waals surface area (Å²) < 4.78 is 1.72. The van der Waals surface area contributed by atoms with Crippen molar-refractivity contribution in [1.82, 2.24) is 9.78 Å². The maximum absolute atomic E-state index is 5.34. The average Bonchev–Trinajstić information content (AvgIpc) is 2.17. The number of anilines is 1. The lowest BCUT2D eigenvalue weighted by molar-refractivity contribution is 0.706. The largest absolute Gasteiger partial charge is 0.382 e. The lowest BCUT2D eigenvalue weighted by Crippen LogP contribution is -1.96. The fourth-order valence-corrected chi connectivity index (χ4v) is 0.611. The molecule has 1 aromatic rings. The van der Waals surface area contributed by atoms with Crippen LogP contribution in [0.2, 0.25) is 0 Å². The van der Waals surface area contributed by atoms with Gasteiger partial charge < -0.3 is 5.73 Å². The molecule has 0 spiro atoms. The number of nitrogens with two attached hydrogens (primary N) is 1. The number of rotatable bonds is 2. The average molecular weight is 123 g/mol. The molecule has 9 heavy (non-hydrogen) atoms. The van der Waals surface area contributed by atoms with E-state index in [1.807, 2.05) is 6.20 Å². The SMILES string of the molecule is C=CCn1ccc(N)n1. The Labute approximate surface area is 53.8 Å². The van der Waals surface area contributed by atoms with Gasteiger partial charge in [-0.3, -0.25) is 4.68 Å². The minimum absolute atomic E-state index is 0.553. The maximum Gasteiger partial charge on any atom is 0.145 e. The summed E-state index contributed by atoms with van der Waals surface area (Å²) in [4.78, 5) is 0. The molecular weight excluding hydrogens is 114 g/mol. The number of nitrogen functional groups attached to an aromatic ring is 1. The molecule has 0 saturated heterocycles. The van der Waals surface area contributed by atoms with Gasteiger partial charge >= 0.3 is 0 Å². The van der Waals surface area contributed by atoms with Crippen LogP contribution in [0.15, 0.2) is 24.9 Å². The molecule has 0 saturated carbocycles. The molecule has 48 valence electrons. The highest BCUT2D eigenvalue weighted by atomic mass is 15.3. The summed E-state index contributed by atoms with van der Waals surface area (Å²) in [5.41, 5.74) is 5.34. The van der Waals surface area contributed by atoms with Crippen LogP contribution in [-0.4, -0.2) is 9.78 Å². The second-order valence-corrected chi connectivity index (χ2v) is 1.75. The first-order valence-corrected chi connectivity index (χ1v) is 2.73. The van der Waals surface area contributed by atoms with Gasteiger partial charge in [0.15, 0.2) is 0 Å². The molecular formula is C6H9N3. The summed E-state index contributed by atoms with van der Waals surface area (Å²) in [7, 11) is 0. The Hall–Kier alpha value is -1.25. The monoisotopic (exact) mass is 123 g/mol. The fraction of sp³-hybridized carbons (Fsp3) is 0.167. The topological polar surface area (TPSA) is 43.8 Å². The summed E-state index contributed by atoms with van der Waals surface area (Å²) in [6.45, 7) is 4.28. The Morgan fingerprint density at radius 2 is 2.67 bits per heavy atom. The Bertz CT molecular complexity index is 202. The smallest absolute Gasteiger partial charge is 0.145 e. The minimum Gasteiger partial charge on any atom is -0.382 e. The number of hydrogen-bond acceptors (Lipinski definition) is 2. The molecule has 0 atom stereocenters. The van der Waals surface area contributed by atoms with Crippen LogP contribution in [0, 0.1) is 0 Å². The van der Waals surface area contributed by atoms with Crippen molar-refractivity contribution in [3.05, 3.63) is 24.9 Å². The Balaban J connectivity index is 2.72. The highest BCUT2D eigenvalue weighted by Gasteiger charge is 1.88. The van der Waals surface area contributed by atoms with Crippen LogP contribution in [0.25, 0.3) is 0 Å². The van der Waals surface area contributed by atoms with Gasteiger partial charge in [-0.05, 0) is 6.07 Å². The van der Waals surface area contributed by atoms with Crippen LogP contribution in [0.3, 0.4) is 0 Å². The molecule has 2 N–H and O–H groups in total. The van der Waals surface area contributed by atoms with E-state index in [-0.39, 0.29) is 0 Å². The summed E-state index contributed by atoms with van der Waals surface area (Å²) in [6.07, 6.45) is 3.59. The number of aromatic nitrogens is 2. The molecule has 0 fully saturated rings. The molecule has 0 amide bonds. The van der Waals surface area contributed by atoms with E-state index in [4.69, 9.17) is 5.73 Å². The molecule has 3 nitrogen and oxygen atoms in total. The maximum atomic E-state index is 5.34. The summed E-state index contributed by atoms with van der Waals surface area (Å²) in [5.74, 6) is 0.553. The first kappa shape index (κ1) is 5.88. The van der Waals surface area contributed by atoms with E-state index in [1.165, 1.54) is 0 Å². The Morgan fingerprint density at radius 1 is 1.89 bits per heavy atom. The molecule has 0 aromatic carbocycles. The lowest BCUT2D eigenvalue weighted by Gasteiger charge is -1.90. The quantitative estimate of drug-likeness (QED) is 0.587. The van der Waals surface area contributed by atoms with Crippen LogP contribution in [0.5, 0.6) is 0 Å². The van der Waals surface area contributed by atoms with Crippen molar-refractivity contribution in [2.45, 2.75) is 6.54 Å². The zero-order valence-electron chi connectivity index (χ0n) is 5.12. The summed E-state index contributed by atoms with van der Waals surface area (Å²) in [6, 6.07) is 1.75. The standard InChI is InChI=1S/C6H9N3/c1-2-4-9-5-3-6(7)8-9/h2-3,5H,1,4H2,(H2,7,8). The third kappa shape index (κ3) is 1.32. The van der Waals surface area contributed by atoms with E-state index in [9.17, 15) is 0 Å². The molecule has 0 bridgehead atoms. The van der Waals surface area contributed by atoms with E-state index in [0.29, 0.717) is 5.82 Å². The van der Waals surface area contributed by atoms with E-state index in [0.717, 1.165) is 6.54 Å². The summed E-state index contributed by atoms with van der Waals surface area (Å²) >= 11 is 0. The molecule has 0 aliphatic heterocycles. The van der Waals surface area contributed by atoms with Gasteiger partial charge in [-0.1, -0.05) is 6.08 Å². The van der Waals surface area contributed by atoms with Crippen LogP contribution in [0.1, 0.15) is 0 Å². The van der Waals surface area contributed by atoms with Crippen molar-refractivity contribution in [3.8, 4) is 0 Å². The van der Waals surface area contributed by atoms with Crippen LogP contribution < -0.4 is 5.73 Å². The van der Waals surface area contributed by atoms with Crippen LogP contribution >= 0.6 is 0 Å². The van der Waals surface area contributed by atoms with Crippen molar-refractivity contribution in [2.24, 2.45) is 0 Å². The predicted molar refractivity (Wildman–Crippen MR) is 36.8 cm³/mol. The van der Waals surface area contributed by atoms with Crippen LogP contribution in [0.4, 0.5) is 5.82 Å². The molecule has 1 aromatic heterocycles. The van der Waals surface area contributed by atoms with Crippen molar-refractivity contribution >= 4 is 5.82 Å². The Morgan fingerprint density at radius 3 is 3.11 bits per heavy atom. The van der Waals surface area contributed by atoms with Crippen LogP contribution in [-0.2, 0) is 6.54 Å². The highest BCUT2D eigenvalue weighted by Crippen LogP contribution is 1.94. The summed E-state index contributed by atoms with van der Waals surface area (Å²) in [5, 5.41) is 3.92. The van der Waals surface area contributed by atoms with E-state index >= 15 is 0 Å². The van der Waals surface area contributed by atoms with Crippen molar-refractivity contribution < 1.29 is 0 Å². The molecule has 3 heteroatoms. The van der Waals surface area contributed by atoms with Crippen molar-refractivity contribution in [3.63, 3.8) is 0 Å². The molecule has 0 radical (unpaired) electrons. The zero-order chi connectivity index (χ0) is 6.69. The van der Waals surface area contributed by atoms with Gasteiger partial charge in [0.25, 0.3) is 0 Å². The zero-order valence-corrected chi connectivity index (χ0v) is 5.12. The molecule has 0 unspecified atom stereocenters. The third-order valence-corrected chi connectivity index (χ3v) is 0.977. The van der Waals surface area contributed by atoms with E-state index < -0.39 is 0 Å². The van der Waals surface area contributed by atoms with Gasteiger partial charge in [0.2, 0.25) is 0 Å². The molecule has 0 aliphatic rings. The van der Waals surface area contributed by atoms with Gasteiger partial charge in [-0.25, -0.2) is 0 Å². The lowest BCUT2D eigenvalue weighted by atomic mass is 10.6. The third-order valence-electron chi connectivity index (χ3n) is 0.977. The normalized spacial score (nSPS) is 9.33. The number of allylic oxidation sites excluding steroid dienone is 1. The van der Waals surface area contributed by atoms with Crippen molar-refractivity contribution in [1.29, 1.82) is 0 Å². The van der Waals surface area contributed by atoms with Gasteiger partial charge in [0, 0.05) is 6.20 Å². The first-order chi connectivity index (χ1) is 4.33. The Kier molecular flexibility index (Phi) is 1.53. The predicted octanol–water partition coefficient (Wildman–Crippen LogP) is 0.651. The second kappa shape index (κ2) is 2.35. The first-order valence-electron chi connectivity index (χ1n) is 2.73. The van der Waals surface area contributed by atoms with Gasteiger partial charge in [-0.2, -0.15) is 5.10 Å². The van der Waals surface area contributed by atoms with E-state index in [2.05, 4.69) is 11.7 Å².